The maximum absolute atomic E-state index is 6.84. The fourth-order valence-electron chi connectivity index (χ4n) is 10.9. The van der Waals surface area contributed by atoms with Crippen LogP contribution in [-0.4, -0.2) is 9.13 Å². The van der Waals surface area contributed by atoms with E-state index in [0.29, 0.717) is 23.7 Å². The highest BCUT2D eigenvalue weighted by atomic mass is 16.4. The third-order valence-electron chi connectivity index (χ3n) is 14.8. The van der Waals surface area contributed by atoms with E-state index in [1.807, 2.05) is 0 Å². The molecule has 0 aliphatic rings. The molecule has 0 aliphatic carbocycles. The van der Waals surface area contributed by atoms with Crippen molar-refractivity contribution in [2.75, 3.05) is 0 Å². The quantitative estimate of drug-likeness (QED) is 0.167. The molecular weight excluding hydrogens is 805 g/mol. The van der Waals surface area contributed by atoms with Gasteiger partial charge in [0, 0.05) is 54.5 Å². The molecule has 4 heteroatoms. The van der Waals surface area contributed by atoms with Crippen molar-refractivity contribution < 1.29 is 8.83 Å². The Morgan fingerprint density at radius 2 is 0.621 bits per heavy atom. The lowest BCUT2D eigenvalue weighted by atomic mass is 9.98. The smallest absolute Gasteiger partial charge is 0.178 e. The number of aromatic nitrogens is 2. The van der Waals surface area contributed by atoms with Crippen molar-refractivity contribution >= 4 is 109 Å². The molecule has 13 rings (SSSR count). The van der Waals surface area contributed by atoms with Crippen LogP contribution in [-0.2, 0) is 0 Å². The normalized spacial score (nSPS) is 12.8. The number of rotatable bonds is 6. The molecule has 0 N–H and O–H groups in total. The fourth-order valence-corrected chi connectivity index (χ4v) is 10.9. The molecule has 4 nitrogen and oxygen atoms in total. The molecule has 322 valence electrons. The number of hydrogen-bond acceptors (Lipinski definition) is 2. The average Bonchev–Trinajstić information content (AvgIpc) is 4.06. The Labute approximate surface area is 383 Å². The van der Waals surface area contributed by atoms with Crippen molar-refractivity contribution in [1.29, 1.82) is 0 Å². The molecular formula is C62H52N2O2. The van der Waals surface area contributed by atoms with Crippen LogP contribution in [0.5, 0.6) is 0 Å². The van der Waals surface area contributed by atoms with Crippen LogP contribution in [0.25, 0.3) is 120 Å². The SMILES string of the molecule is CC(C)c1ccc2c(c1)c1cc(C(C)C)ccc1n2-c1ccc2cc3c(cc2c1)oc1c3ccc2c3cc4ccc(-n5c6ccc(C(C)C)cc6c6cc(C(C)C)ccc65)cc4cc3oc21. The van der Waals surface area contributed by atoms with E-state index in [2.05, 4.69) is 210 Å². The predicted octanol–water partition coefficient (Wildman–Crippen LogP) is 18.5. The van der Waals surface area contributed by atoms with Crippen molar-refractivity contribution in [2.24, 2.45) is 0 Å². The van der Waals surface area contributed by atoms with Crippen molar-refractivity contribution in [3.8, 4) is 11.4 Å². The van der Waals surface area contributed by atoms with E-state index in [9.17, 15) is 0 Å². The maximum Gasteiger partial charge on any atom is 0.178 e. The van der Waals surface area contributed by atoms with Crippen LogP contribution in [0.2, 0.25) is 0 Å². The second-order valence-corrected chi connectivity index (χ2v) is 20.2. The van der Waals surface area contributed by atoms with Crippen LogP contribution in [0.15, 0.2) is 154 Å². The van der Waals surface area contributed by atoms with E-state index in [4.69, 9.17) is 8.83 Å². The van der Waals surface area contributed by atoms with Gasteiger partial charge in [0.05, 0.1) is 22.1 Å². The summed E-state index contributed by atoms with van der Waals surface area (Å²) < 4.78 is 18.5. The molecule has 13 aromatic rings. The van der Waals surface area contributed by atoms with Crippen LogP contribution in [0.1, 0.15) is 101 Å². The first-order valence-electron chi connectivity index (χ1n) is 23.8. The van der Waals surface area contributed by atoms with Gasteiger partial charge < -0.3 is 18.0 Å². The maximum atomic E-state index is 6.84. The third kappa shape index (κ3) is 5.70. The first-order chi connectivity index (χ1) is 32.0. The predicted molar refractivity (Wildman–Crippen MR) is 281 cm³/mol. The lowest BCUT2D eigenvalue weighted by molar-refractivity contribution is 0.634. The minimum atomic E-state index is 0.456. The number of fused-ring (bicyclic) bond motifs is 15. The molecule has 0 saturated carbocycles. The van der Waals surface area contributed by atoms with Gasteiger partial charge in [0.15, 0.2) is 11.2 Å². The number of benzene rings is 9. The average molecular weight is 857 g/mol. The Kier molecular flexibility index (Phi) is 8.35. The van der Waals surface area contributed by atoms with Gasteiger partial charge in [0.1, 0.15) is 11.2 Å². The zero-order valence-corrected chi connectivity index (χ0v) is 38.9. The lowest BCUT2D eigenvalue weighted by Crippen LogP contribution is -1.95. The number of hydrogen-bond donors (Lipinski definition) is 0. The molecule has 0 atom stereocenters. The molecule has 0 amide bonds. The largest absolute Gasteiger partial charge is 0.452 e. The highest BCUT2D eigenvalue weighted by molar-refractivity contribution is 6.21. The van der Waals surface area contributed by atoms with Crippen LogP contribution in [0.3, 0.4) is 0 Å². The number of nitrogens with zero attached hydrogens (tertiary/aromatic N) is 2. The van der Waals surface area contributed by atoms with Crippen LogP contribution >= 0.6 is 0 Å². The zero-order valence-electron chi connectivity index (χ0n) is 38.9. The summed E-state index contributed by atoms with van der Waals surface area (Å²) in [6.45, 7) is 18.2. The molecule has 0 aliphatic heterocycles. The zero-order chi connectivity index (χ0) is 44.9. The van der Waals surface area contributed by atoms with E-state index in [1.165, 1.54) is 76.6 Å². The van der Waals surface area contributed by atoms with Gasteiger partial charge in [-0.15, -0.1) is 0 Å². The van der Waals surface area contributed by atoms with Crippen molar-refractivity contribution in [3.63, 3.8) is 0 Å². The first kappa shape index (κ1) is 39.1. The second-order valence-electron chi connectivity index (χ2n) is 20.2. The Hall–Kier alpha value is -7.30. The van der Waals surface area contributed by atoms with Crippen molar-refractivity contribution in [3.05, 3.63) is 168 Å². The van der Waals surface area contributed by atoms with Gasteiger partial charge in [-0.25, -0.2) is 0 Å². The molecule has 0 bridgehead atoms. The molecule has 4 aromatic heterocycles. The first-order valence-corrected chi connectivity index (χ1v) is 23.8. The highest BCUT2D eigenvalue weighted by Crippen LogP contribution is 2.43. The molecule has 0 radical (unpaired) electrons. The summed E-state index contributed by atoms with van der Waals surface area (Å²) >= 11 is 0. The van der Waals surface area contributed by atoms with Crippen LogP contribution < -0.4 is 0 Å². The van der Waals surface area contributed by atoms with Gasteiger partial charge in [-0.3, -0.25) is 0 Å². The minimum Gasteiger partial charge on any atom is -0.452 e. The molecule has 9 aromatic carbocycles. The summed E-state index contributed by atoms with van der Waals surface area (Å²) in [7, 11) is 0. The third-order valence-corrected chi connectivity index (χ3v) is 14.8. The topological polar surface area (TPSA) is 36.1 Å². The molecule has 66 heavy (non-hydrogen) atoms. The van der Waals surface area contributed by atoms with Crippen molar-refractivity contribution in [1.82, 2.24) is 9.13 Å². The second kappa shape index (κ2) is 14.1. The summed E-state index contributed by atoms with van der Waals surface area (Å²) in [6, 6.07) is 55.1. The molecule has 0 unspecified atom stereocenters. The van der Waals surface area contributed by atoms with E-state index in [-0.39, 0.29) is 0 Å². The summed E-state index contributed by atoms with van der Waals surface area (Å²) in [6.07, 6.45) is 0. The Morgan fingerprint density at radius 1 is 0.288 bits per heavy atom. The summed E-state index contributed by atoms with van der Waals surface area (Å²) in [5.41, 5.74) is 15.9. The van der Waals surface area contributed by atoms with E-state index in [1.54, 1.807) is 0 Å². The van der Waals surface area contributed by atoms with E-state index < -0.39 is 0 Å². The summed E-state index contributed by atoms with van der Waals surface area (Å²) in [5, 5.41) is 14.1. The van der Waals surface area contributed by atoms with Gasteiger partial charge in [-0.2, -0.15) is 0 Å². The van der Waals surface area contributed by atoms with Gasteiger partial charge in [-0.05, 0) is 177 Å². The van der Waals surface area contributed by atoms with Crippen molar-refractivity contribution in [2.45, 2.75) is 79.1 Å². The Morgan fingerprint density at radius 3 is 0.939 bits per heavy atom. The van der Waals surface area contributed by atoms with E-state index in [0.717, 1.165) is 66.0 Å². The Bertz CT molecular complexity index is 3780. The number of furan rings is 2. The minimum absolute atomic E-state index is 0.456. The monoisotopic (exact) mass is 856 g/mol. The standard InChI is InChI=1S/C62H52N2O2/c1-33(2)37-11-19-55-49(25-37)50-26-38(34(3)4)12-20-56(50)63(55)45-15-9-41-29-53-47-17-18-48-54-30-42-10-16-46(24-44(42)32-60(54)66-62(48)61(47)65-59(53)31-43(41)23-45)64-57-21-13-39(35(5)6)27-51(57)52-28-40(36(7)8)14-22-58(52)64/h9-36H,1-8H3. The van der Waals surface area contributed by atoms with Gasteiger partial charge >= 0.3 is 0 Å². The molecule has 0 saturated heterocycles. The van der Waals surface area contributed by atoms with E-state index >= 15 is 0 Å². The van der Waals surface area contributed by atoms with Gasteiger partial charge in [0.2, 0.25) is 0 Å². The summed E-state index contributed by atoms with van der Waals surface area (Å²) in [4.78, 5) is 0. The van der Waals surface area contributed by atoms with Crippen LogP contribution in [0, 0.1) is 0 Å². The molecule has 0 fully saturated rings. The van der Waals surface area contributed by atoms with Crippen LogP contribution in [0.4, 0.5) is 0 Å². The lowest BCUT2D eigenvalue weighted by Gasteiger charge is -2.11. The molecule has 4 heterocycles. The summed E-state index contributed by atoms with van der Waals surface area (Å²) in [5.74, 6) is 1.82. The highest BCUT2D eigenvalue weighted by Gasteiger charge is 2.21. The Balaban J connectivity index is 0.939. The van der Waals surface area contributed by atoms with Gasteiger partial charge in [0.25, 0.3) is 0 Å². The van der Waals surface area contributed by atoms with Gasteiger partial charge in [-0.1, -0.05) is 91.8 Å². The fraction of sp³-hybridized carbons (Fsp3) is 0.194. The molecule has 0 spiro atoms.